The maximum absolute atomic E-state index is 13.2. The van der Waals surface area contributed by atoms with Gasteiger partial charge in [0.1, 0.15) is 18.2 Å². The van der Waals surface area contributed by atoms with Crippen molar-refractivity contribution < 1.29 is 9.13 Å². The van der Waals surface area contributed by atoms with Gasteiger partial charge < -0.3 is 10.5 Å². The van der Waals surface area contributed by atoms with Crippen molar-refractivity contribution in [2.45, 2.75) is 26.5 Å². The minimum absolute atomic E-state index is 0.191. The zero-order chi connectivity index (χ0) is 13.1. The lowest BCUT2D eigenvalue weighted by atomic mass is 10.1. The van der Waals surface area contributed by atoms with Crippen LogP contribution in [-0.4, -0.2) is 4.98 Å². The molecule has 0 aliphatic heterocycles. The normalized spacial score (nSPS) is 12.4. The summed E-state index contributed by atoms with van der Waals surface area (Å²) >= 11 is 1.56. The highest BCUT2D eigenvalue weighted by Crippen LogP contribution is 2.26. The van der Waals surface area contributed by atoms with Crippen LogP contribution in [0.1, 0.15) is 28.4 Å². The molecule has 2 rings (SSSR count). The summed E-state index contributed by atoms with van der Waals surface area (Å²) in [5, 5.41) is 0.986. The summed E-state index contributed by atoms with van der Waals surface area (Å²) in [6.45, 7) is 4.16. The second kappa shape index (κ2) is 5.46. The molecule has 0 aliphatic carbocycles. The second-order valence-corrected chi connectivity index (χ2v) is 5.42. The summed E-state index contributed by atoms with van der Waals surface area (Å²) in [6, 6.07) is 4.23. The first kappa shape index (κ1) is 13.0. The number of ether oxygens (including phenoxy) is 1. The topological polar surface area (TPSA) is 48.1 Å². The monoisotopic (exact) mass is 266 g/mol. The third-order valence-electron chi connectivity index (χ3n) is 2.51. The average Bonchev–Trinajstić information content (AvgIpc) is 2.72. The van der Waals surface area contributed by atoms with Gasteiger partial charge in [-0.15, -0.1) is 11.3 Å². The Morgan fingerprint density at radius 2 is 2.28 bits per heavy atom. The van der Waals surface area contributed by atoms with E-state index in [2.05, 4.69) is 4.98 Å². The van der Waals surface area contributed by atoms with E-state index >= 15 is 0 Å². The fraction of sp³-hybridized carbons (Fsp3) is 0.308. The van der Waals surface area contributed by atoms with Crippen molar-refractivity contribution in [2.75, 3.05) is 0 Å². The summed E-state index contributed by atoms with van der Waals surface area (Å²) < 4.78 is 18.8. The fourth-order valence-electron chi connectivity index (χ4n) is 1.63. The van der Waals surface area contributed by atoms with Crippen LogP contribution in [0.2, 0.25) is 0 Å². The zero-order valence-corrected chi connectivity index (χ0v) is 11.1. The number of hydrogen-bond acceptors (Lipinski definition) is 4. The van der Waals surface area contributed by atoms with E-state index < -0.39 is 0 Å². The smallest absolute Gasteiger partial charge is 0.127 e. The third-order valence-corrected chi connectivity index (χ3v) is 3.39. The first-order valence-corrected chi connectivity index (χ1v) is 6.47. The van der Waals surface area contributed by atoms with E-state index in [1.807, 2.05) is 13.8 Å². The Kier molecular flexibility index (Phi) is 3.93. The molecule has 1 atom stereocenters. The van der Waals surface area contributed by atoms with Gasteiger partial charge in [0.15, 0.2) is 0 Å². The van der Waals surface area contributed by atoms with Gasteiger partial charge in [-0.05, 0) is 19.9 Å². The Morgan fingerprint density at radius 3 is 2.89 bits per heavy atom. The molecule has 0 radical (unpaired) electrons. The molecule has 0 spiro atoms. The van der Waals surface area contributed by atoms with Crippen LogP contribution in [0, 0.1) is 12.7 Å². The van der Waals surface area contributed by atoms with Crippen LogP contribution in [0.15, 0.2) is 24.4 Å². The predicted molar refractivity (Wildman–Crippen MR) is 70.2 cm³/mol. The molecule has 3 nitrogen and oxygen atoms in total. The number of nitrogens with zero attached hydrogens (tertiary/aromatic N) is 1. The van der Waals surface area contributed by atoms with Gasteiger partial charge in [0.25, 0.3) is 0 Å². The second-order valence-electron chi connectivity index (χ2n) is 4.11. The highest BCUT2D eigenvalue weighted by molar-refractivity contribution is 7.11. The Hall–Kier alpha value is -1.46. The van der Waals surface area contributed by atoms with Gasteiger partial charge in [0, 0.05) is 23.9 Å². The Labute approximate surface area is 109 Å². The van der Waals surface area contributed by atoms with Crippen LogP contribution >= 0.6 is 11.3 Å². The first-order valence-electron chi connectivity index (χ1n) is 5.65. The first-order chi connectivity index (χ1) is 8.56. The molecule has 1 aromatic heterocycles. The number of rotatable bonds is 4. The van der Waals surface area contributed by atoms with Gasteiger partial charge in [0.2, 0.25) is 0 Å². The summed E-state index contributed by atoms with van der Waals surface area (Å²) in [4.78, 5) is 5.15. The molecule has 0 saturated heterocycles. The van der Waals surface area contributed by atoms with Crippen molar-refractivity contribution >= 4 is 11.3 Å². The van der Waals surface area contributed by atoms with Crippen molar-refractivity contribution in [1.29, 1.82) is 0 Å². The molecule has 0 bridgehead atoms. The molecule has 0 saturated carbocycles. The van der Waals surface area contributed by atoms with Crippen LogP contribution in [0.25, 0.3) is 0 Å². The van der Waals surface area contributed by atoms with Gasteiger partial charge in [-0.1, -0.05) is 6.07 Å². The van der Waals surface area contributed by atoms with Crippen molar-refractivity contribution in [3.63, 3.8) is 0 Å². The van der Waals surface area contributed by atoms with E-state index in [0.717, 1.165) is 15.4 Å². The van der Waals surface area contributed by atoms with Crippen LogP contribution in [0.3, 0.4) is 0 Å². The number of hydrogen-bond donors (Lipinski definition) is 1. The lowest BCUT2D eigenvalue weighted by Gasteiger charge is -2.13. The van der Waals surface area contributed by atoms with Crippen molar-refractivity contribution in [3.05, 3.63) is 45.7 Å². The quantitative estimate of drug-likeness (QED) is 0.924. The maximum atomic E-state index is 13.2. The van der Waals surface area contributed by atoms with Crippen molar-refractivity contribution in [1.82, 2.24) is 4.98 Å². The van der Waals surface area contributed by atoms with Gasteiger partial charge in [0.05, 0.1) is 9.88 Å². The molecule has 18 heavy (non-hydrogen) atoms. The molecule has 96 valence electrons. The minimum atomic E-state index is -0.324. The van der Waals surface area contributed by atoms with E-state index in [0.29, 0.717) is 12.4 Å². The molecule has 0 amide bonds. The molecule has 2 aromatic rings. The molecule has 0 fully saturated rings. The van der Waals surface area contributed by atoms with Gasteiger partial charge in [-0.2, -0.15) is 0 Å². The van der Waals surface area contributed by atoms with E-state index in [1.165, 1.54) is 12.1 Å². The van der Waals surface area contributed by atoms with Crippen LogP contribution in [0.4, 0.5) is 4.39 Å². The number of aromatic nitrogens is 1. The Bertz CT molecular complexity index is 540. The van der Waals surface area contributed by atoms with Crippen LogP contribution < -0.4 is 10.5 Å². The minimum Gasteiger partial charge on any atom is -0.488 e. The zero-order valence-electron chi connectivity index (χ0n) is 10.3. The fourth-order valence-corrected chi connectivity index (χ4v) is 2.34. The molecule has 0 unspecified atom stereocenters. The number of nitrogens with two attached hydrogens (primary N) is 1. The molecule has 0 aliphatic rings. The predicted octanol–water partition coefficient (Wildman–Crippen LogP) is 3.19. The Morgan fingerprint density at radius 1 is 1.50 bits per heavy atom. The Balaban J connectivity index is 2.15. The third kappa shape index (κ3) is 3.05. The van der Waals surface area contributed by atoms with Gasteiger partial charge in [-0.25, -0.2) is 9.37 Å². The molecule has 1 heterocycles. The highest BCUT2D eigenvalue weighted by atomic mass is 32.1. The summed E-state index contributed by atoms with van der Waals surface area (Å²) in [7, 11) is 0. The molecular formula is C13H15FN2OS. The average molecular weight is 266 g/mol. The van der Waals surface area contributed by atoms with E-state index in [-0.39, 0.29) is 11.9 Å². The lowest BCUT2D eigenvalue weighted by Crippen LogP contribution is -2.08. The number of aryl methyl sites for hydroxylation is 1. The van der Waals surface area contributed by atoms with E-state index in [4.69, 9.17) is 10.5 Å². The van der Waals surface area contributed by atoms with E-state index in [1.54, 1.807) is 23.6 Å². The summed E-state index contributed by atoms with van der Waals surface area (Å²) in [6.07, 6.45) is 1.77. The van der Waals surface area contributed by atoms with Gasteiger partial charge in [-0.3, -0.25) is 0 Å². The highest BCUT2D eigenvalue weighted by Gasteiger charge is 2.10. The molecule has 5 heteroatoms. The SMILES string of the molecule is Cc1ncc(COc2cc(F)ccc2[C@@H](C)N)s1. The number of benzene rings is 1. The maximum Gasteiger partial charge on any atom is 0.127 e. The lowest BCUT2D eigenvalue weighted by molar-refractivity contribution is 0.303. The van der Waals surface area contributed by atoms with Crippen LogP contribution in [0.5, 0.6) is 5.75 Å². The summed E-state index contributed by atoms with van der Waals surface area (Å²) in [5.41, 5.74) is 6.63. The van der Waals surface area contributed by atoms with E-state index in [9.17, 15) is 4.39 Å². The standard InChI is InChI=1S/C13H15FN2OS/c1-8(15)12-4-3-10(14)5-13(12)17-7-11-6-16-9(2)18-11/h3-6,8H,7,15H2,1-2H3/t8-/m1/s1. The van der Waals surface area contributed by atoms with Crippen molar-refractivity contribution in [2.24, 2.45) is 5.73 Å². The van der Waals surface area contributed by atoms with Crippen LogP contribution in [-0.2, 0) is 6.61 Å². The molecular weight excluding hydrogens is 251 g/mol. The summed E-state index contributed by atoms with van der Waals surface area (Å²) in [5.74, 6) is 0.172. The van der Waals surface area contributed by atoms with Gasteiger partial charge >= 0.3 is 0 Å². The largest absolute Gasteiger partial charge is 0.488 e. The van der Waals surface area contributed by atoms with Crippen molar-refractivity contribution in [3.8, 4) is 5.75 Å². The molecule has 2 N–H and O–H groups in total. The molecule has 1 aromatic carbocycles. The number of halogens is 1. The number of thiazole rings is 1.